The summed E-state index contributed by atoms with van der Waals surface area (Å²) >= 11 is 3.04. The molecule has 2 rings (SSSR count). The lowest BCUT2D eigenvalue weighted by atomic mass is 10.0. The molecule has 18 heavy (non-hydrogen) atoms. The van der Waals surface area contributed by atoms with E-state index < -0.39 is 17.7 Å². The quantitative estimate of drug-likeness (QED) is 0.885. The summed E-state index contributed by atoms with van der Waals surface area (Å²) in [6.45, 7) is 0. The maximum atomic E-state index is 14.0. The maximum absolute atomic E-state index is 14.0. The van der Waals surface area contributed by atoms with E-state index in [-0.39, 0.29) is 10.0 Å². The van der Waals surface area contributed by atoms with Crippen molar-refractivity contribution in [2.75, 3.05) is 7.05 Å². The standard InChI is InChI=1S/C12H10BrF2N3/c1-16-11(12-17-5-2-6-18-12)9-8(14)4-3-7(13)10(9)15/h2-6,11,16H,1H3. The van der Waals surface area contributed by atoms with E-state index in [2.05, 4.69) is 31.2 Å². The molecule has 1 atom stereocenters. The number of nitrogens with one attached hydrogen (secondary N) is 1. The third-order valence-electron chi connectivity index (χ3n) is 2.50. The van der Waals surface area contributed by atoms with Crippen LogP contribution in [0.1, 0.15) is 17.4 Å². The molecule has 0 aliphatic heterocycles. The number of nitrogens with zero attached hydrogens (tertiary/aromatic N) is 2. The van der Waals surface area contributed by atoms with Gasteiger partial charge in [0.05, 0.1) is 10.5 Å². The van der Waals surface area contributed by atoms with Crippen molar-refractivity contribution in [2.45, 2.75) is 6.04 Å². The molecule has 2 aromatic rings. The van der Waals surface area contributed by atoms with Gasteiger partial charge in [0.25, 0.3) is 0 Å². The average Bonchev–Trinajstić information content (AvgIpc) is 2.40. The van der Waals surface area contributed by atoms with Gasteiger partial charge in [0.15, 0.2) is 0 Å². The largest absolute Gasteiger partial charge is 0.307 e. The van der Waals surface area contributed by atoms with Crippen LogP contribution in [0.25, 0.3) is 0 Å². The highest BCUT2D eigenvalue weighted by Gasteiger charge is 2.24. The summed E-state index contributed by atoms with van der Waals surface area (Å²) in [5, 5.41) is 2.82. The van der Waals surface area contributed by atoms with Crippen molar-refractivity contribution in [1.82, 2.24) is 15.3 Å². The predicted octanol–water partition coefficient (Wildman–Crippen LogP) is 2.83. The lowest BCUT2D eigenvalue weighted by Gasteiger charge is -2.17. The van der Waals surface area contributed by atoms with Crippen molar-refractivity contribution in [3.05, 3.63) is 58.1 Å². The third kappa shape index (κ3) is 2.39. The fraction of sp³-hybridized carbons (Fsp3) is 0.167. The highest BCUT2D eigenvalue weighted by Crippen LogP contribution is 2.28. The number of hydrogen-bond donors (Lipinski definition) is 1. The molecule has 1 unspecified atom stereocenters. The molecule has 0 amide bonds. The van der Waals surface area contributed by atoms with Crippen LogP contribution in [0.4, 0.5) is 8.78 Å². The van der Waals surface area contributed by atoms with Gasteiger partial charge in [-0.05, 0) is 41.2 Å². The van der Waals surface area contributed by atoms with Crippen molar-refractivity contribution < 1.29 is 8.78 Å². The molecular weight excluding hydrogens is 304 g/mol. The van der Waals surface area contributed by atoms with Crippen LogP contribution in [0.5, 0.6) is 0 Å². The average molecular weight is 314 g/mol. The van der Waals surface area contributed by atoms with Crippen LogP contribution in [0.3, 0.4) is 0 Å². The van der Waals surface area contributed by atoms with Gasteiger partial charge in [-0.1, -0.05) is 0 Å². The fourth-order valence-electron chi connectivity index (χ4n) is 1.67. The van der Waals surface area contributed by atoms with Gasteiger partial charge in [-0.2, -0.15) is 0 Å². The Kier molecular flexibility index (Phi) is 3.98. The van der Waals surface area contributed by atoms with Gasteiger partial charge in [-0.25, -0.2) is 18.7 Å². The van der Waals surface area contributed by atoms with E-state index >= 15 is 0 Å². The van der Waals surface area contributed by atoms with E-state index in [1.807, 2.05) is 0 Å². The summed E-state index contributed by atoms with van der Waals surface area (Å²) in [5.41, 5.74) is -0.0990. The van der Waals surface area contributed by atoms with Crippen LogP contribution in [0.2, 0.25) is 0 Å². The molecule has 0 spiro atoms. The smallest absolute Gasteiger partial charge is 0.149 e. The van der Waals surface area contributed by atoms with E-state index in [4.69, 9.17) is 0 Å². The Bertz CT molecular complexity index is 549. The second-order valence-electron chi connectivity index (χ2n) is 3.59. The van der Waals surface area contributed by atoms with E-state index in [9.17, 15) is 8.78 Å². The second kappa shape index (κ2) is 5.49. The molecule has 0 saturated heterocycles. The minimum absolute atomic E-state index is 0.0990. The van der Waals surface area contributed by atoms with E-state index in [0.29, 0.717) is 5.82 Å². The van der Waals surface area contributed by atoms with Gasteiger partial charge in [0.1, 0.15) is 17.5 Å². The molecule has 0 fully saturated rings. The summed E-state index contributed by atoms with van der Waals surface area (Å²) in [6.07, 6.45) is 3.06. The summed E-state index contributed by atoms with van der Waals surface area (Å²) in [6, 6.07) is 3.44. The minimum Gasteiger partial charge on any atom is -0.307 e. The molecule has 1 aromatic heterocycles. The molecule has 3 nitrogen and oxygen atoms in total. The Morgan fingerprint density at radius 3 is 2.50 bits per heavy atom. The van der Waals surface area contributed by atoms with E-state index in [0.717, 1.165) is 0 Å². The number of halogens is 3. The number of hydrogen-bond acceptors (Lipinski definition) is 3. The van der Waals surface area contributed by atoms with Crippen molar-refractivity contribution in [3.63, 3.8) is 0 Å². The van der Waals surface area contributed by atoms with E-state index in [1.165, 1.54) is 24.5 Å². The molecule has 1 heterocycles. The van der Waals surface area contributed by atoms with Crippen LogP contribution in [-0.2, 0) is 0 Å². The Labute approximate surface area is 111 Å². The van der Waals surface area contributed by atoms with Crippen LogP contribution < -0.4 is 5.32 Å². The third-order valence-corrected chi connectivity index (χ3v) is 3.11. The second-order valence-corrected chi connectivity index (χ2v) is 4.44. The zero-order valence-electron chi connectivity index (χ0n) is 9.49. The lowest BCUT2D eigenvalue weighted by Crippen LogP contribution is -2.22. The summed E-state index contributed by atoms with van der Waals surface area (Å²) in [4.78, 5) is 8.03. The Morgan fingerprint density at radius 1 is 1.22 bits per heavy atom. The van der Waals surface area contributed by atoms with Crippen molar-refractivity contribution in [2.24, 2.45) is 0 Å². The van der Waals surface area contributed by atoms with Crippen molar-refractivity contribution >= 4 is 15.9 Å². The maximum Gasteiger partial charge on any atom is 0.149 e. The molecule has 94 valence electrons. The zero-order valence-corrected chi connectivity index (χ0v) is 11.1. The highest BCUT2D eigenvalue weighted by atomic mass is 79.9. The molecule has 0 bridgehead atoms. The Morgan fingerprint density at radius 2 is 1.89 bits per heavy atom. The topological polar surface area (TPSA) is 37.8 Å². The van der Waals surface area contributed by atoms with Crippen LogP contribution >= 0.6 is 15.9 Å². The molecule has 0 radical (unpaired) electrons. The first-order chi connectivity index (χ1) is 8.65. The predicted molar refractivity (Wildman–Crippen MR) is 67.0 cm³/mol. The van der Waals surface area contributed by atoms with Crippen molar-refractivity contribution in [3.8, 4) is 0 Å². The number of rotatable bonds is 3. The Hall–Kier alpha value is -1.40. The lowest BCUT2D eigenvalue weighted by molar-refractivity contribution is 0.509. The van der Waals surface area contributed by atoms with Crippen LogP contribution in [0, 0.1) is 11.6 Å². The number of aromatic nitrogens is 2. The normalized spacial score (nSPS) is 12.4. The van der Waals surface area contributed by atoms with Gasteiger partial charge < -0.3 is 5.32 Å². The molecule has 0 aliphatic rings. The Balaban J connectivity index is 2.56. The molecule has 0 aliphatic carbocycles. The van der Waals surface area contributed by atoms with E-state index in [1.54, 1.807) is 13.1 Å². The first kappa shape index (κ1) is 13.0. The zero-order chi connectivity index (χ0) is 13.1. The SMILES string of the molecule is CNC(c1ncccn1)c1c(F)ccc(Br)c1F. The molecule has 6 heteroatoms. The molecule has 1 aromatic carbocycles. The van der Waals surface area contributed by atoms with Crippen LogP contribution in [-0.4, -0.2) is 17.0 Å². The molecule has 1 N–H and O–H groups in total. The number of benzene rings is 1. The van der Waals surface area contributed by atoms with Gasteiger partial charge in [0.2, 0.25) is 0 Å². The van der Waals surface area contributed by atoms with Crippen molar-refractivity contribution in [1.29, 1.82) is 0 Å². The summed E-state index contributed by atoms with van der Waals surface area (Å²) < 4.78 is 28.0. The highest BCUT2D eigenvalue weighted by molar-refractivity contribution is 9.10. The fourth-order valence-corrected chi connectivity index (χ4v) is 2.02. The molecule has 0 saturated carbocycles. The summed E-state index contributed by atoms with van der Waals surface area (Å²) in [5.74, 6) is -0.972. The summed E-state index contributed by atoms with van der Waals surface area (Å²) in [7, 11) is 1.60. The monoisotopic (exact) mass is 313 g/mol. The van der Waals surface area contributed by atoms with Gasteiger partial charge in [-0.3, -0.25) is 0 Å². The first-order valence-electron chi connectivity index (χ1n) is 5.22. The molecular formula is C12H10BrF2N3. The van der Waals surface area contributed by atoms with Gasteiger partial charge >= 0.3 is 0 Å². The van der Waals surface area contributed by atoms with Gasteiger partial charge in [-0.15, -0.1) is 0 Å². The van der Waals surface area contributed by atoms with Gasteiger partial charge in [0, 0.05) is 18.0 Å². The van der Waals surface area contributed by atoms with Crippen LogP contribution in [0.15, 0.2) is 35.1 Å². The first-order valence-corrected chi connectivity index (χ1v) is 6.02. The minimum atomic E-state index is -0.733.